The van der Waals surface area contributed by atoms with Gasteiger partial charge in [-0.2, -0.15) is 0 Å². The van der Waals surface area contributed by atoms with E-state index in [1.807, 2.05) is 6.92 Å². The van der Waals surface area contributed by atoms with Gasteiger partial charge < -0.3 is 4.79 Å². The first-order chi connectivity index (χ1) is 6.77. The van der Waals surface area contributed by atoms with Gasteiger partial charge in [-0.25, -0.2) is 0 Å². The van der Waals surface area contributed by atoms with Gasteiger partial charge in [0.25, 0.3) is 0 Å². The monoisotopic (exact) mass is 190 g/mol. The Bertz CT molecular complexity index is 314. The van der Waals surface area contributed by atoms with Crippen LogP contribution in [0.15, 0.2) is 24.3 Å². The molecule has 1 fully saturated rings. The van der Waals surface area contributed by atoms with Crippen LogP contribution in [-0.2, 0) is 9.59 Å². The number of hydrogen-bond donors (Lipinski definition) is 0. The molecule has 0 radical (unpaired) electrons. The van der Waals surface area contributed by atoms with Gasteiger partial charge in [0.2, 0.25) is 0 Å². The van der Waals surface area contributed by atoms with Crippen molar-refractivity contribution in [1.29, 1.82) is 0 Å². The van der Waals surface area contributed by atoms with Gasteiger partial charge in [0.1, 0.15) is 6.29 Å². The van der Waals surface area contributed by atoms with Crippen molar-refractivity contribution in [3.05, 3.63) is 24.3 Å². The highest BCUT2D eigenvalue weighted by Gasteiger charge is 2.46. The van der Waals surface area contributed by atoms with E-state index in [1.54, 1.807) is 12.2 Å². The van der Waals surface area contributed by atoms with Gasteiger partial charge in [-0.15, -0.1) is 0 Å². The van der Waals surface area contributed by atoms with Crippen LogP contribution in [0.3, 0.4) is 0 Å². The van der Waals surface area contributed by atoms with E-state index in [2.05, 4.69) is 12.2 Å². The summed E-state index contributed by atoms with van der Waals surface area (Å²) < 4.78 is 0. The number of ketones is 1. The molecule has 0 aliphatic heterocycles. The molecule has 2 rings (SSSR count). The maximum atomic E-state index is 11.7. The van der Waals surface area contributed by atoms with Crippen molar-refractivity contribution in [2.75, 3.05) is 0 Å². The van der Waals surface area contributed by atoms with E-state index in [-0.39, 0.29) is 17.6 Å². The molecule has 74 valence electrons. The molecule has 0 amide bonds. The Kier molecular flexibility index (Phi) is 2.36. The van der Waals surface area contributed by atoms with Crippen LogP contribution < -0.4 is 0 Å². The minimum Gasteiger partial charge on any atom is -0.303 e. The van der Waals surface area contributed by atoms with E-state index >= 15 is 0 Å². The predicted molar refractivity (Wildman–Crippen MR) is 53.6 cm³/mol. The van der Waals surface area contributed by atoms with Gasteiger partial charge in [0.15, 0.2) is 5.78 Å². The number of carbonyl (C=O) groups excluding carboxylic acids is 2. The lowest BCUT2D eigenvalue weighted by molar-refractivity contribution is -0.124. The van der Waals surface area contributed by atoms with Gasteiger partial charge in [0.05, 0.1) is 0 Å². The van der Waals surface area contributed by atoms with Gasteiger partial charge in [-0.3, -0.25) is 4.79 Å². The van der Waals surface area contributed by atoms with Crippen molar-refractivity contribution in [3.63, 3.8) is 0 Å². The van der Waals surface area contributed by atoms with Crippen molar-refractivity contribution in [2.45, 2.75) is 13.3 Å². The van der Waals surface area contributed by atoms with Gasteiger partial charge >= 0.3 is 0 Å². The molecule has 2 bridgehead atoms. The topological polar surface area (TPSA) is 34.1 Å². The zero-order chi connectivity index (χ0) is 10.1. The Morgan fingerprint density at radius 1 is 1.36 bits per heavy atom. The maximum Gasteiger partial charge on any atom is 0.159 e. The fourth-order valence-electron chi connectivity index (χ4n) is 2.72. The van der Waals surface area contributed by atoms with Crippen LogP contribution in [0.5, 0.6) is 0 Å². The Balaban J connectivity index is 2.22. The number of rotatable bonds is 3. The minimum absolute atomic E-state index is 0.0753. The third-order valence-corrected chi connectivity index (χ3v) is 3.34. The maximum absolute atomic E-state index is 11.7. The summed E-state index contributed by atoms with van der Waals surface area (Å²) in [4.78, 5) is 22.6. The van der Waals surface area contributed by atoms with Crippen LogP contribution in [0.25, 0.3) is 0 Å². The molecule has 0 N–H and O–H groups in total. The van der Waals surface area contributed by atoms with Crippen molar-refractivity contribution in [1.82, 2.24) is 0 Å². The van der Waals surface area contributed by atoms with Gasteiger partial charge in [-0.1, -0.05) is 18.2 Å². The standard InChI is InChI=1S/C12H14O2/c1-2-3-11(14)12-9-5-4-8(6-9)10(12)7-13/h2-5,7-10,12H,6H2,1H3/b3-2-. The SMILES string of the molecule is C/C=C\C(=O)C1C2C=CC(C2)C1C=O. The molecule has 4 atom stereocenters. The Labute approximate surface area is 83.7 Å². The van der Waals surface area contributed by atoms with E-state index in [1.165, 1.54) is 0 Å². The highest BCUT2D eigenvalue weighted by atomic mass is 16.1. The fraction of sp³-hybridized carbons (Fsp3) is 0.500. The predicted octanol–water partition coefficient (Wildman–Crippen LogP) is 1.77. The largest absolute Gasteiger partial charge is 0.303 e. The smallest absolute Gasteiger partial charge is 0.159 e. The molecule has 0 spiro atoms. The second kappa shape index (κ2) is 3.52. The summed E-state index contributed by atoms with van der Waals surface area (Å²) >= 11 is 0. The van der Waals surface area contributed by atoms with E-state index < -0.39 is 0 Å². The molecule has 2 heteroatoms. The Morgan fingerprint density at radius 3 is 2.71 bits per heavy atom. The zero-order valence-electron chi connectivity index (χ0n) is 8.22. The van der Waals surface area contributed by atoms with Crippen molar-refractivity contribution < 1.29 is 9.59 Å². The summed E-state index contributed by atoms with van der Waals surface area (Å²) in [6.45, 7) is 1.83. The zero-order valence-corrected chi connectivity index (χ0v) is 8.22. The lowest BCUT2D eigenvalue weighted by Crippen LogP contribution is -2.27. The third-order valence-electron chi connectivity index (χ3n) is 3.34. The first-order valence-corrected chi connectivity index (χ1v) is 5.08. The lowest BCUT2D eigenvalue weighted by atomic mass is 9.81. The molecule has 14 heavy (non-hydrogen) atoms. The summed E-state index contributed by atoms with van der Waals surface area (Å²) in [5.74, 6) is 0.574. The van der Waals surface area contributed by atoms with E-state index in [0.29, 0.717) is 11.8 Å². The number of carbonyl (C=O) groups is 2. The summed E-state index contributed by atoms with van der Waals surface area (Å²) in [7, 11) is 0. The van der Waals surface area contributed by atoms with Gasteiger partial charge in [-0.05, 0) is 31.3 Å². The average molecular weight is 190 g/mol. The van der Waals surface area contributed by atoms with Crippen LogP contribution >= 0.6 is 0 Å². The normalized spacial score (nSPS) is 39.5. The van der Waals surface area contributed by atoms with E-state index in [4.69, 9.17) is 0 Å². The van der Waals surface area contributed by atoms with Crippen molar-refractivity contribution >= 4 is 12.1 Å². The summed E-state index contributed by atoms with van der Waals surface area (Å²) in [6.07, 6.45) is 9.47. The lowest BCUT2D eigenvalue weighted by Gasteiger charge is -2.20. The molecular formula is C12H14O2. The first kappa shape index (κ1) is 9.38. The number of hydrogen-bond acceptors (Lipinski definition) is 2. The van der Waals surface area contributed by atoms with Gasteiger partial charge in [0, 0.05) is 11.8 Å². The molecule has 1 saturated carbocycles. The summed E-state index contributed by atoms with van der Waals surface area (Å²) in [6, 6.07) is 0. The second-order valence-corrected chi connectivity index (χ2v) is 4.09. The second-order valence-electron chi connectivity index (χ2n) is 4.09. The van der Waals surface area contributed by atoms with Crippen LogP contribution in [0, 0.1) is 23.7 Å². The van der Waals surface area contributed by atoms with Crippen molar-refractivity contribution in [3.8, 4) is 0 Å². The number of aldehydes is 1. The van der Waals surface area contributed by atoms with Crippen LogP contribution in [0.2, 0.25) is 0 Å². The van der Waals surface area contributed by atoms with Crippen LogP contribution in [-0.4, -0.2) is 12.1 Å². The number of fused-ring (bicyclic) bond motifs is 2. The van der Waals surface area contributed by atoms with Crippen LogP contribution in [0.1, 0.15) is 13.3 Å². The highest BCUT2D eigenvalue weighted by Crippen LogP contribution is 2.47. The minimum atomic E-state index is -0.0845. The molecule has 2 aliphatic rings. The molecule has 2 nitrogen and oxygen atoms in total. The van der Waals surface area contributed by atoms with Crippen molar-refractivity contribution in [2.24, 2.45) is 23.7 Å². The average Bonchev–Trinajstić information content (AvgIpc) is 2.76. The summed E-state index contributed by atoms with van der Waals surface area (Å²) in [5.41, 5.74) is 0. The molecule has 2 aliphatic carbocycles. The number of allylic oxidation sites excluding steroid dienone is 4. The first-order valence-electron chi connectivity index (χ1n) is 5.08. The molecule has 0 aromatic heterocycles. The third kappa shape index (κ3) is 1.26. The Morgan fingerprint density at radius 2 is 2.07 bits per heavy atom. The molecule has 0 heterocycles. The van der Waals surface area contributed by atoms with E-state index in [9.17, 15) is 9.59 Å². The molecule has 0 aromatic carbocycles. The fourth-order valence-corrected chi connectivity index (χ4v) is 2.72. The molecule has 0 aromatic rings. The summed E-state index contributed by atoms with van der Waals surface area (Å²) in [5, 5.41) is 0. The molecule has 4 unspecified atom stereocenters. The molecule has 0 saturated heterocycles. The molecular weight excluding hydrogens is 176 g/mol. The van der Waals surface area contributed by atoms with E-state index in [0.717, 1.165) is 12.7 Å². The highest BCUT2D eigenvalue weighted by molar-refractivity contribution is 5.94. The van der Waals surface area contributed by atoms with Crippen LogP contribution in [0.4, 0.5) is 0 Å². The Hall–Kier alpha value is -1.18. The quantitative estimate of drug-likeness (QED) is 0.386.